The predicted octanol–water partition coefficient (Wildman–Crippen LogP) is 0.790. The van der Waals surface area contributed by atoms with Crippen LogP contribution < -0.4 is 11.5 Å². The monoisotopic (exact) mass is 125 g/mol. The molecule has 1 aromatic carbocycles. The molecule has 0 unspecified atom stereocenters. The number of nitrogen functional groups attached to an aromatic ring is 2. The Morgan fingerprint density at radius 2 is 2.11 bits per heavy atom. The molecule has 2 nitrogen and oxygen atoms in total. The van der Waals surface area contributed by atoms with E-state index in [9.17, 15) is 4.39 Å². The Hall–Kier alpha value is -1.25. The summed E-state index contributed by atoms with van der Waals surface area (Å²) >= 11 is 0. The van der Waals surface area contributed by atoms with Crippen molar-refractivity contribution in [2.45, 2.75) is 0 Å². The highest BCUT2D eigenvalue weighted by atomic mass is 19.1. The first kappa shape index (κ1) is 5.88. The van der Waals surface area contributed by atoms with E-state index in [0.29, 0.717) is 0 Å². The Kier molecular flexibility index (Phi) is 1.26. The van der Waals surface area contributed by atoms with Gasteiger partial charge in [-0.3, -0.25) is 0 Å². The highest BCUT2D eigenvalue weighted by Crippen LogP contribution is 2.15. The lowest BCUT2D eigenvalue weighted by molar-refractivity contribution is 0.633. The van der Waals surface area contributed by atoms with Crippen molar-refractivity contribution < 1.29 is 4.39 Å². The Labute approximate surface area is 52.3 Å². The summed E-state index contributed by atoms with van der Waals surface area (Å²) in [6.07, 6.45) is 0. The van der Waals surface area contributed by atoms with Crippen molar-refractivity contribution in [2.75, 3.05) is 11.5 Å². The second kappa shape index (κ2) is 1.93. The fourth-order valence-electron chi connectivity index (χ4n) is 0.501. The zero-order valence-corrected chi connectivity index (χ0v) is 4.69. The molecule has 0 heterocycles. The standard InChI is InChI=1S/C6H6FN2/c7-4-2-1-3-5(8)6(4)9/h1-2H,8-9H2. The van der Waals surface area contributed by atoms with Crippen LogP contribution in [0.3, 0.4) is 0 Å². The molecule has 0 saturated carbocycles. The summed E-state index contributed by atoms with van der Waals surface area (Å²) in [5, 5.41) is 0. The minimum absolute atomic E-state index is 0.0301. The second-order valence-corrected chi connectivity index (χ2v) is 1.65. The molecule has 0 spiro atoms. The highest BCUT2D eigenvalue weighted by molar-refractivity contribution is 5.62. The number of anilines is 2. The second-order valence-electron chi connectivity index (χ2n) is 1.65. The summed E-state index contributed by atoms with van der Waals surface area (Å²) in [4.78, 5) is 0. The number of rotatable bonds is 0. The van der Waals surface area contributed by atoms with Gasteiger partial charge in [0, 0.05) is 6.07 Å². The van der Waals surface area contributed by atoms with Crippen molar-refractivity contribution in [1.29, 1.82) is 0 Å². The summed E-state index contributed by atoms with van der Waals surface area (Å²) in [5.74, 6) is -0.494. The van der Waals surface area contributed by atoms with Crippen molar-refractivity contribution in [3.05, 3.63) is 24.0 Å². The third-order valence-electron chi connectivity index (χ3n) is 1.02. The molecule has 0 amide bonds. The zero-order chi connectivity index (χ0) is 6.85. The van der Waals surface area contributed by atoms with Gasteiger partial charge in [0.15, 0.2) is 0 Å². The van der Waals surface area contributed by atoms with E-state index >= 15 is 0 Å². The van der Waals surface area contributed by atoms with Crippen LogP contribution in [0.1, 0.15) is 0 Å². The average molecular weight is 125 g/mol. The van der Waals surface area contributed by atoms with Crippen molar-refractivity contribution in [3.63, 3.8) is 0 Å². The molecule has 1 aromatic rings. The smallest absolute Gasteiger partial charge is 0.148 e. The maximum absolute atomic E-state index is 12.4. The number of hydrogen-bond donors (Lipinski definition) is 2. The quantitative estimate of drug-likeness (QED) is 0.503. The minimum Gasteiger partial charge on any atom is -0.396 e. The lowest BCUT2D eigenvalue weighted by Crippen LogP contribution is -1.96. The molecule has 0 aliphatic heterocycles. The Morgan fingerprint density at radius 1 is 1.44 bits per heavy atom. The van der Waals surface area contributed by atoms with Crippen LogP contribution in [-0.2, 0) is 0 Å². The lowest BCUT2D eigenvalue weighted by Gasteiger charge is -1.96. The Bertz CT molecular complexity index is 202. The molecular formula is C6H6FN2. The summed E-state index contributed by atoms with van der Waals surface area (Å²) < 4.78 is 12.4. The number of benzene rings is 1. The van der Waals surface area contributed by atoms with Gasteiger partial charge in [0.2, 0.25) is 0 Å². The highest BCUT2D eigenvalue weighted by Gasteiger charge is 1.98. The van der Waals surface area contributed by atoms with Gasteiger partial charge in [-0.05, 0) is 12.1 Å². The van der Waals surface area contributed by atoms with Crippen molar-refractivity contribution in [1.82, 2.24) is 0 Å². The molecule has 0 aliphatic carbocycles. The third-order valence-corrected chi connectivity index (χ3v) is 1.02. The minimum atomic E-state index is -0.494. The van der Waals surface area contributed by atoms with Gasteiger partial charge in [0.05, 0.1) is 11.4 Å². The van der Waals surface area contributed by atoms with E-state index in [-0.39, 0.29) is 11.4 Å². The van der Waals surface area contributed by atoms with Crippen LogP contribution >= 0.6 is 0 Å². The van der Waals surface area contributed by atoms with Crippen LogP contribution in [0.5, 0.6) is 0 Å². The van der Waals surface area contributed by atoms with Gasteiger partial charge >= 0.3 is 0 Å². The molecule has 4 N–H and O–H groups in total. The fourth-order valence-corrected chi connectivity index (χ4v) is 0.501. The van der Waals surface area contributed by atoms with Crippen molar-refractivity contribution in [2.24, 2.45) is 0 Å². The SMILES string of the molecule is Nc1[c]ccc(F)c1N. The number of halogens is 1. The summed E-state index contributed by atoms with van der Waals surface area (Å²) in [7, 11) is 0. The molecular weight excluding hydrogens is 119 g/mol. The largest absolute Gasteiger partial charge is 0.396 e. The number of hydrogen-bond acceptors (Lipinski definition) is 2. The maximum atomic E-state index is 12.4. The van der Waals surface area contributed by atoms with Crippen LogP contribution in [0, 0.1) is 11.9 Å². The predicted molar refractivity (Wildman–Crippen MR) is 34.1 cm³/mol. The van der Waals surface area contributed by atoms with E-state index in [1.54, 1.807) is 0 Å². The van der Waals surface area contributed by atoms with Gasteiger partial charge in [0.25, 0.3) is 0 Å². The fraction of sp³-hybridized carbons (Fsp3) is 0. The van der Waals surface area contributed by atoms with E-state index in [1.165, 1.54) is 12.1 Å². The van der Waals surface area contributed by atoms with E-state index in [4.69, 9.17) is 11.5 Å². The van der Waals surface area contributed by atoms with E-state index in [1.807, 2.05) is 0 Å². The normalized spacial score (nSPS) is 9.44. The molecule has 0 fully saturated rings. The van der Waals surface area contributed by atoms with Crippen LogP contribution in [0.2, 0.25) is 0 Å². The van der Waals surface area contributed by atoms with Gasteiger partial charge in [-0.15, -0.1) is 0 Å². The molecule has 0 saturated heterocycles. The van der Waals surface area contributed by atoms with Gasteiger partial charge in [-0.25, -0.2) is 4.39 Å². The first-order valence-corrected chi connectivity index (χ1v) is 2.43. The molecule has 9 heavy (non-hydrogen) atoms. The van der Waals surface area contributed by atoms with Crippen molar-refractivity contribution >= 4 is 11.4 Å². The molecule has 47 valence electrons. The van der Waals surface area contributed by atoms with E-state index < -0.39 is 5.82 Å². The summed E-state index contributed by atoms with van der Waals surface area (Å²) in [6, 6.07) is 5.16. The van der Waals surface area contributed by atoms with Crippen LogP contribution in [0.4, 0.5) is 15.8 Å². The lowest BCUT2D eigenvalue weighted by atomic mass is 10.3. The van der Waals surface area contributed by atoms with Crippen LogP contribution in [-0.4, -0.2) is 0 Å². The molecule has 0 bridgehead atoms. The molecule has 3 heteroatoms. The summed E-state index contributed by atoms with van der Waals surface area (Å²) in [5.41, 5.74) is 10.5. The zero-order valence-electron chi connectivity index (χ0n) is 4.69. The maximum Gasteiger partial charge on any atom is 0.148 e. The van der Waals surface area contributed by atoms with Gasteiger partial charge in [-0.1, -0.05) is 0 Å². The van der Waals surface area contributed by atoms with E-state index in [2.05, 4.69) is 6.07 Å². The van der Waals surface area contributed by atoms with Crippen LogP contribution in [0.15, 0.2) is 12.1 Å². The van der Waals surface area contributed by atoms with Gasteiger partial charge in [-0.2, -0.15) is 0 Å². The van der Waals surface area contributed by atoms with Gasteiger partial charge < -0.3 is 11.5 Å². The van der Waals surface area contributed by atoms with Gasteiger partial charge in [0.1, 0.15) is 5.82 Å². The van der Waals surface area contributed by atoms with E-state index in [0.717, 1.165) is 0 Å². The first-order chi connectivity index (χ1) is 4.22. The number of nitrogens with two attached hydrogens (primary N) is 2. The van der Waals surface area contributed by atoms with Crippen LogP contribution in [0.25, 0.3) is 0 Å². The molecule has 1 rings (SSSR count). The Balaban J connectivity index is 3.25. The third kappa shape index (κ3) is 0.937. The summed E-state index contributed by atoms with van der Waals surface area (Å²) in [6.45, 7) is 0. The molecule has 1 radical (unpaired) electrons. The molecule has 0 aliphatic rings. The van der Waals surface area contributed by atoms with Crippen molar-refractivity contribution in [3.8, 4) is 0 Å². The molecule has 0 aromatic heterocycles. The topological polar surface area (TPSA) is 52.0 Å². The Morgan fingerprint density at radius 3 is 2.56 bits per heavy atom. The first-order valence-electron chi connectivity index (χ1n) is 2.43. The molecule has 0 atom stereocenters. The average Bonchev–Trinajstić information content (AvgIpc) is 1.83.